The molecule has 138 valence electrons. The third-order valence-corrected chi connectivity index (χ3v) is 4.61. The second-order valence-electron chi connectivity index (χ2n) is 6.18. The second kappa shape index (κ2) is 8.32. The lowest BCUT2D eigenvalue weighted by Crippen LogP contribution is -2.13. The molecule has 1 N–H and O–H groups in total. The molecule has 0 aromatic heterocycles. The van der Waals surface area contributed by atoms with Gasteiger partial charge in [-0.1, -0.05) is 17.7 Å². The van der Waals surface area contributed by atoms with Gasteiger partial charge in [-0.05, 0) is 42.7 Å². The van der Waals surface area contributed by atoms with Crippen molar-refractivity contribution in [1.29, 1.82) is 0 Å². The number of ether oxygens (including phenoxy) is 3. The lowest BCUT2D eigenvalue weighted by molar-refractivity contribution is -0.116. The quantitative estimate of drug-likeness (QED) is 0.842. The number of benzene rings is 2. The highest BCUT2D eigenvalue weighted by atomic mass is 35.5. The van der Waals surface area contributed by atoms with Crippen LogP contribution in [0.5, 0.6) is 17.2 Å². The first-order chi connectivity index (χ1) is 12.6. The highest BCUT2D eigenvalue weighted by Gasteiger charge is 2.13. The van der Waals surface area contributed by atoms with Gasteiger partial charge in [0.2, 0.25) is 5.91 Å². The van der Waals surface area contributed by atoms with Gasteiger partial charge >= 0.3 is 0 Å². The molecule has 5 nitrogen and oxygen atoms in total. The molecule has 0 saturated carbocycles. The molecule has 0 unspecified atom stereocenters. The highest BCUT2D eigenvalue weighted by molar-refractivity contribution is 6.31. The van der Waals surface area contributed by atoms with Crippen LogP contribution in [0.1, 0.15) is 24.0 Å². The molecule has 2 aromatic carbocycles. The van der Waals surface area contributed by atoms with Gasteiger partial charge in [-0.15, -0.1) is 0 Å². The first-order valence-electron chi connectivity index (χ1n) is 8.59. The molecular weight excluding hydrogens is 354 g/mol. The minimum absolute atomic E-state index is 0.0860. The average molecular weight is 376 g/mol. The van der Waals surface area contributed by atoms with E-state index in [0.29, 0.717) is 42.5 Å². The fraction of sp³-hybridized carbons (Fsp3) is 0.350. The van der Waals surface area contributed by atoms with Gasteiger partial charge in [-0.25, -0.2) is 0 Å². The molecule has 0 saturated heterocycles. The first-order valence-corrected chi connectivity index (χ1v) is 8.97. The number of aryl methyl sites for hydroxylation is 2. The molecule has 0 fully saturated rings. The molecule has 0 spiro atoms. The Balaban J connectivity index is 1.63. The molecule has 0 atom stereocenters. The summed E-state index contributed by atoms with van der Waals surface area (Å²) in [5.74, 6) is 1.97. The third kappa shape index (κ3) is 4.41. The molecule has 1 heterocycles. The smallest absolute Gasteiger partial charge is 0.224 e. The number of halogens is 1. The van der Waals surface area contributed by atoms with E-state index in [1.165, 1.54) is 0 Å². The van der Waals surface area contributed by atoms with Gasteiger partial charge in [0.1, 0.15) is 5.75 Å². The van der Waals surface area contributed by atoms with Gasteiger partial charge < -0.3 is 19.5 Å². The average Bonchev–Trinajstić information content (AvgIpc) is 2.87. The summed E-state index contributed by atoms with van der Waals surface area (Å²) in [6, 6.07) is 9.33. The van der Waals surface area contributed by atoms with E-state index in [9.17, 15) is 4.79 Å². The summed E-state index contributed by atoms with van der Waals surface area (Å²) < 4.78 is 16.6. The Morgan fingerprint density at radius 3 is 2.73 bits per heavy atom. The molecular formula is C20H22ClNO4. The molecule has 1 aliphatic rings. The number of fused-ring (bicyclic) bond motifs is 1. The van der Waals surface area contributed by atoms with Crippen LogP contribution in [-0.4, -0.2) is 26.2 Å². The van der Waals surface area contributed by atoms with Gasteiger partial charge in [-0.3, -0.25) is 4.79 Å². The van der Waals surface area contributed by atoms with E-state index in [0.717, 1.165) is 29.0 Å². The normalized spacial score (nSPS) is 13.0. The predicted octanol–water partition coefficient (Wildman–Crippen LogP) is 4.39. The third-order valence-electron chi connectivity index (χ3n) is 4.21. The zero-order chi connectivity index (χ0) is 18.5. The molecule has 26 heavy (non-hydrogen) atoms. The summed E-state index contributed by atoms with van der Waals surface area (Å²) in [6.07, 6.45) is 1.83. The number of hydrogen-bond acceptors (Lipinski definition) is 4. The number of anilines is 1. The maximum absolute atomic E-state index is 12.3. The van der Waals surface area contributed by atoms with E-state index in [4.69, 9.17) is 25.8 Å². The van der Waals surface area contributed by atoms with Crippen molar-refractivity contribution in [3.8, 4) is 17.2 Å². The Kier molecular flexibility index (Phi) is 5.89. The Morgan fingerprint density at radius 2 is 1.96 bits per heavy atom. The Labute approximate surface area is 158 Å². The number of methoxy groups -OCH3 is 1. The number of amides is 1. The van der Waals surface area contributed by atoms with E-state index in [2.05, 4.69) is 5.32 Å². The number of nitrogens with one attached hydrogen (secondary N) is 1. The van der Waals surface area contributed by atoms with Crippen molar-refractivity contribution in [2.24, 2.45) is 0 Å². The number of rotatable bonds is 5. The van der Waals surface area contributed by atoms with Crippen LogP contribution < -0.4 is 19.5 Å². The molecule has 2 aromatic rings. The number of hydrogen-bond donors (Lipinski definition) is 1. The van der Waals surface area contributed by atoms with Crippen LogP contribution in [0.3, 0.4) is 0 Å². The van der Waals surface area contributed by atoms with Crippen molar-refractivity contribution in [3.63, 3.8) is 0 Å². The summed E-state index contributed by atoms with van der Waals surface area (Å²) >= 11 is 6.10. The van der Waals surface area contributed by atoms with E-state index >= 15 is 0 Å². The molecule has 0 bridgehead atoms. The van der Waals surface area contributed by atoms with Crippen molar-refractivity contribution < 1.29 is 19.0 Å². The van der Waals surface area contributed by atoms with Crippen molar-refractivity contribution in [1.82, 2.24) is 0 Å². The lowest BCUT2D eigenvalue weighted by atomic mass is 10.1. The monoisotopic (exact) mass is 375 g/mol. The predicted molar refractivity (Wildman–Crippen MR) is 102 cm³/mol. The van der Waals surface area contributed by atoms with Crippen LogP contribution in [0.15, 0.2) is 30.3 Å². The zero-order valence-corrected chi connectivity index (χ0v) is 15.7. The maximum Gasteiger partial charge on any atom is 0.224 e. The van der Waals surface area contributed by atoms with Crippen LogP contribution >= 0.6 is 11.6 Å². The topological polar surface area (TPSA) is 56.8 Å². The standard InChI is InChI=1S/C20H22ClNO4/c1-13-10-16(18(24-2)12-15(13)21)22-20(23)7-5-14-4-6-17-19(11-14)26-9-3-8-25-17/h4,6,10-12H,3,5,7-9H2,1-2H3,(H,22,23). The van der Waals surface area contributed by atoms with Gasteiger partial charge in [0, 0.05) is 23.9 Å². The number of carbonyl (C=O) groups excluding carboxylic acids is 1. The van der Waals surface area contributed by atoms with Crippen LogP contribution in [0, 0.1) is 6.92 Å². The zero-order valence-electron chi connectivity index (χ0n) is 14.9. The largest absolute Gasteiger partial charge is 0.495 e. The first kappa shape index (κ1) is 18.4. The van der Waals surface area contributed by atoms with E-state index in [1.54, 1.807) is 13.2 Å². The summed E-state index contributed by atoms with van der Waals surface area (Å²) in [5, 5.41) is 3.50. The number of carbonyl (C=O) groups is 1. The van der Waals surface area contributed by atoms with Crippen molar-refractivity contribution in [2.45, 2.75) is 26.2 Å². The molecule has 3 rings (SSSR count). The summed E-state index contributed by atoms with van der Waals surface area (Å²) in [7, 11) is 1.55. The second-order valence-corrected chi connectivity index (χ2v) is 6.59. The Bertz CT molecular complexity index is 807. The van der Waals surface area contributed by atoms with Crippen LogP contribution in [-0.2, 0) is 11.2 Å². The van der Waals surface area contributed by atoms with Gasteiger partial charge in [0.25, 0.3) is 0 Å². The minimum Gasteiger partial charge on any atom is -0.495 e. The van der Waals surface area contributed by atoms with E-state index < -0.39 is 0 Å². The fourth-order valence-corrected chi connectivity index (χ4v) is 2.92. The molecule has 6 heteroatoms. The minimum atomic E-state index is -0.0860. The Morgan fingerprint density at radius 1 is 1.19 bits per heavy atom. The molecule has 0 aliphatic carbocycles. The van der Waals surface area contributed by atoms with Crippen LogP contribution in [0.25, 0.3) is 0 Å². The van der Waals surface area contributed by atoms with E-state index in [-0.39, 0.29) is 5.91 Å². The SMILES string of the molecule is COc1cc(Cl)c(C)cc1NC(=O)CCc1ccc2c(c1)OCCCO2. The van der Waals surface area contributed by atoms with Gasteiger partial charge in [-0.2, -0.15) is 0 Å². The molecule has 1 aliphatic heterocycles. The highest BCUT2D eigenvalue weighted by Crippen LogP contribution is 2.32. The van der Waals surface area contributed by atoms with Gasteiger partial charge in [0.15, 0.2) is 11.5 Å². The molecule has 1 amide bonds. The lowest BCUT2D eigenvalue weighted by Gasteiger charge is -2.13. The Hall–Kier alpha value is -2.40. The van der Waals surface area contributed by atoms with Crippen LogP contribution in [0.2, 0.25) is 5.02 Å². The fourth-order valence-electron chi connectivity index (χ4n) is 2.76. The summed E-state index contributed by atoms with van der Waals surface area (Å²) in [6.45, 7) is 3.19. The maximum atomic E-state index is 12.3. The van der Waals surface area contributed by atoms with Gasteiger partial charge in [0.05, 0.1) is 26.0 Å². The molecule has 0 radical (unpaired) electrons. The van der Waals surface area contributed by atoms with Crippen molar-refractivity contribution in [2.75, 3.05) is 25.6 Å². The summed E-state index contributed by atoms with van der Waals surface area (Å²) in [5.41, 5.74) is 2.53. The van der Waals surface area contributed by atoms with E-state index in [1.807, 2.05) is 31.2 Å². The summed E-state index contributed by atoms with van der Waals surface area (Å²) in [4.78, 5) is 12.3. The van der Waals surface area contributed by atoms with Crippen LogP contribution in [0.4, 0.5) is 5.69 Å². The van der Waals surface area contributed by atoms with Crippen molar-refractivity contribution >= 4 is 23.2 Å². The van der Waals surface area contributed by atoms with Crippen molar-refractivity contribution in [3.05, 3.63) is 46.5 Å².